The molecule has 0 radical (unpaired) electrons. The highest BCUT2D eigenvalue weighted by molar-refractivity contribution is 5.99. The van der Waals surface area contributed by atoms with Crippen molar-refractivity contribution < 1.29 is 9.18 Å². The van der Waals surface area contributed by atoms with E-state index in [4.69, 9.17) is 0 Å². The normalized spacial score (nSPS) is 10.7. The summed E-state index contributed by atoms with van der Waals surface area (Å²) in [7, 11) is 0. The maximum absolute atomic E-state index is 13.1. The summed E-state index contributed by atoms with van der Waals surface area (Å²) in [4.78, 5) is 20.6. The minimum absolute atomic E-state index is 0.385. The lowest BCUT2D eigenvalue weighted by atomic mass is 10.1. The molecular weight excluding hydrogens is 333 g/mol. The fraction of sp³-hybridized carbons (Fsp3) is 0. The maximum atomic E-state index is 13.1. The maximum Gasteiger partial charge on any atom is 0.323 e. The topological polar surface area (TPSA) is 71.3 Å². The third-order valence-corrected chi connectivity index (χ3v) is 3.76. The first-order chi connectivity index (χ1) is 12.7. The van der Waals surface area contributed by atoms with Gasteiger partial charge in [0, 0.05) is 35.5 Å². The van der Waals surface area contributed by atoms with E-state index in [-0.39, 0.29) is 0 Å². The fourth-order valence-electron chi connectivity index (χ4n) is 2.55. The number of carbonyl (C=O) groups is 1. The first-order valence-corrected chi connectivity index (χ1v) is 7.91. The smallest absolute Gasteiger partial charge is 0.308 e. The average Bonchev–Trinajstić information content (AvgIpc) is 3.06. The molecule has 26 heavy (non-hydrogen) atoms. The van der Waals surface area contributed by atoms with Crippen LogP contribution in [0.1, 0.15) is 0 Å². The molecule has 7 heteroatoms. The molecule has 2 N–H and O–H groups in total. The van der Waals surface area contributed by atoms with Crippen LogP contribution in [0, 0.1) is 5.82 Å². The second-order valence-corrected chi connectivity index (χ2v) is 5.62. The van der Waals surface area contributed by atoms with Crippen LogP contribution in [0.5, 0.6) is 0 Å². The zero-order valence-corrected chi connectivity index (χ0v) is 13.6. The van der Waals surface area contributed by atoms with Gasteiger partial charge in [0.25, 0.3) is 0 Å². The lowest BCUT2D eigenvalue weighted by molar-refractivity contribution is 0.262. The third-order valence-electron chi connectivity index (χ3n) is 3.76. The van der Waals surface area contributed by atoms with Gasteiger partial charge in [-0.2, -0.15) is 0 Å². The Balaban J connectivity index is 1.46. The average molecular weight is 347 g/mol. The lowest BCUT2D eigenvalue weighted by Gasteiger charge is -2.08. The molecule has 0 fully saturated rings. The Morgan fingerprint density at radius 2 is 1.81 bits per heavy atom. The SMILES string of the molecule is O=C(Nc1ccc(-c2cn3cccnc3n2)cc1)Nc1cccc(F)c1. The summed E-state index contributed by atoms with van der Waals surface area (Å²) in [5.41, 5.74) is 2.70. The largest absolute Gasteiger partial charge is 0.323 e. The van der Waals surface area contributed by atoms with E-state index in [1.54, 1.807) is 24.4 Å². The predicted molar refractivity (Wildman–Crippen MR) is 97.5 cm³/mol. The van der Waals surface area contributed by atoms with Gasteiger partial charge in [-0.05, 0) is 36.4 Å². The lowest BCUT2D eigenvalue weighted by Crippen LogP contribution is -2.19. The Labute approximate surface area is 148 Å². The van der Waals surface area contributed by atoms with Crippen LogP contribution in [-0.4, -0.2) is 20.4 Å². The second kappa shape index (κ2) is 6.64. The number of rotatable bonds is 3. The van der Waals surface area contributed by atoms with Crippen LogP contribution in [0.15, 0.2) is 73.2 Å². The Morgan fingerprint density at radius 3 is 2.58 bits per heavy atom. The van der Waals surface area contributed by atoms with Gasteiger partial charge in [-0.15, -0.1) is 0 Å². The van der Waals surface area contributed by atoms with Crippen molar-refractivity contribution in [1.82, 2.24) is 14.4 Å². The molecular formula is C19H14FN5O. The minimum atomic E-state index is -0.444. The number of nitrogens with zero attached hydrogens (tertiary/aromatic N) is 3. The van der Waals surface area contributed by atoms with E-state index in [2.05, 4.69) is 20.6 Å². The first kappa shape index (κ1) is 15.8. The summed E-state index contributed by atoms with van der Waals surface area (Å²) in [6.07, 6.45) is 5.46. The molecule has 2 heterocycles. The van der Waals surface area contributed by atoms with Crippen LogP contribution in [0.2, 0.25) is 0 Å². The molecule has 128 valence electrons. The quantitative estimate of drug-likeness (QED) is 0.584. The van der Waals surface area contributed by atoms with Gasteiger partial charge in [0.05, 0.1) is 5.69 Å². The van der Waals surface area contributed by atoms with Crippen molar-refractivity contribution in [3.63, 3.8) is 0 Å². The Kier molecular flexibility index (Phi) is 4.03. The van der Waals surface area contributed by atoms with E-state index in [1.165, 1.54) is 18.2 Å². The number of urea groups is 1. The number of amides is 2. The number of halogens is 1. The molecule has 0 unspecified atom stereocenters. The molecule has 0 aliphatic carbocycles. The molecule has 0 bridgehead atoms. The number of aromatic nitrogens is 3. The van der Waals surface area contributed by atoms with Crippen molar-refractivity contribution in [2.45, 2.75) is 0 Å². The van der Waals surface area contributed by atoms with Gasteiger partial charge in [-0.25, -0.2) is 19.2 Å². The summed E-state index contributed by atoms with van der Waals surface area (Å²) in [6.45, 7) is 0. The predicted octanol–water partition coefficient (Wildman–Crippen LogP) is 4.18. The number of anilines is 2. The number of imidazole rings is 1. The molecule has 0 aliphatic heterocycles. The minimum Gasteiger partial charge on any atom is -0.308 e. The van der Waals surface area contributed by atoms with E-state index in [9.17, 15) is 9.18 Å². The van der Waals surface area contributed by atoms with Crippen LogP contribution in [0.3, 0.4) is 0 Å². The third kappa shape index (κ3) is 3.36. The standard InChI is InChI=1S/C19H14FN5O/c20-14-3-1-4-16(11-14)23-19(26)22-15-7-5-13(6-8-15)17-12-25-10-2-9-21-18(25)24-17/h1-12H,(H2,22,23,26). The fourth-order valence-corrected chi connectivity index (χ4v) is 2.55. The van der Waals surface area contributed by atoms with Crippen LogP contribution in [0.25, 0.3) is 17.0 Å². The van der Waals surface area contributed by atoms with E-state index < -0.39 is 11.8 Å². The number of carbonyl (C=O) groups excluding carboxylic acids is 1. The zero-order valence-electron chi connectivity index (χ0n) is 13.6. The second-order valence-electron chi connectivity index (χ2n) is 5.62. The van der Waals surface area contributed by atoms with Crippen molar-refractivity contribution >= 4 is 23.2 Å². The van der Waals surface area contributed by atoms with Gasteiger partial charge < -0.3 is 10.6 Å². The zero-order chi connectivity index (χ0) is 17.9. The number of hydrogen-bond donors (Lipinski definition) is 2. The summed E-state index contributed by atoms with van der Waals surface area (Å²) in [6, 6.07) is 14.4. The molecule has 0 saturated carbocycles. The molecule has 0 atom stereocenters. The van der Waals surface area contributed by atoms with E-state index in [1.807, 2.05) is 35.0 Å². The van der Waals surface area contributed by atoms with Crippen LogP contribution >= 0.6 is 0 Å². The van der Waals surface area contributed by atoms with E-state index in [0.29, 0.717) is 17.2 Å². The highest BCUT2D eigenvalue weighted by Gasteiger charge is 2.07. The molecule has 2 aromatic heterocycles. The number of nitrogens with one attached hydrogen (secondary N) is 2. The van der Waals surface area contributed by atoms with Gasteiger partial charge in [-0.1, -0.05) is 18.2 Å². The van der Waals surface area contributed by atoms with Crippen molar-refractivity contribution in [1.29, 1.82) is 0 Å². The van der Waals surface area contributed by atoms with Gasteiger partial charge in [0.15, 0.2) is 0 Å². The molecule has 2 amide bonds. The van der Waals surface area contributed by atoms with Crippen LogP contribution < -0.4 is 10.6 Å². The van der Waals surface area contributed by atoms with Crippen LogP contribution in [-0.2, 0) is 0 Å². The molecule has 2 aromatic carbocycles. The number of hydrogen-bond acceptors (Lipinski definition) is 3. The summed E-state index contributed by atoms with van der Waals surface area (Å²) >= 11 is 0. The van der Waals surface area contributed by atoms with E-state index in [0.717, 1.165) is 11.3 Å². The Bertz CT molecular complexity index is 1040. The molecule has 4 rings (SSSR count). The Hall–Kier alpha value is -3.74. The van der Waals surface area contributed by atoms with E-state index >= 15 is 0 Å². The van der Waals surface area contributed by atoms with Gasteiger partial charge in [-0.3, -0.25) is 4.40 Å². The summed E-state index contributed by atoms with van der Waals surface area (Å²) in [5.74, 6) is 0.216. The number of fused-ring (bicyclic) bond motifs is 1. The monoisotopic (exact) mass is 347 g/mol. The highest BCUT2D eigenvalue weighted by atomic mass is 19.1. The summed E-state index contributed by atoms with van der Waals surface area (Å²) in [5, 5.41) is 5.29. The summed E-state index contributed by atoms with van der Waals surface area (Å²) < 4.78 is 15.0. The molecule has 0 saturated heterocycles. The molecule has 6 nitrogen and oxygen atoms in total. The molecule has 0 aliphatic rings. The van der Waals surface area contributed by atoms with Gasteiger partial charge >= 0.3 is 6.03 Å². The van der Waals surface area contributed by atoms with Gasteiger partial charge in [0.2, 0.25) is 5.78 Å². The van der Waals surface area contributed by atoms with Gasteiger partial charge in [0.1, 0.15) is 5.82 Å². The van der Waals surface area contributed by atoms with Crippen molar-refractivity contribution in [3.8, 4) is 11.3 Å². The van der Waals surface area contributed by atoms with Crippen molar-refractivity contribution in [3.05, 3.63) is 79.0 Å². The molecule has 4 aromatic rings. The van der Waals surface area contributed by atoms with Crippen molar-refractivity contribution in [2.75, 3.05) is 10.6 Å². The van der Waals surface area contributed by atoms with Crippen molar-refractivity contribution in [2.24, 2.45) is 0 Å². The highest BCUT2D eigenvalue weighted by Crippen LogP contribution is 2.21. The van der Waals surface area contributed by atoms with Crippen LogP contribution in [0.4, 0.5) is 20.6 Å². The number of benzene rings is 2. The first-order valence-electron chi connectivity index (χ1n) is 7.91. The Morgan fingerprint density at radius 1 is 1.00 bits per heavy atom. The molecule has 0 spiro atoms.